The Balaban J connectivity index is 0.000000280. The Morgan fingerprint density at radius 1 is 1.43 bits per heavy atom. The van der Waals surface area contributed by atoms with Crippen molar-refractivity contribution in [3.8, 4) is 0 Å². The quantitative estimate of drug-likeness (QED) is 0.741. The molecule has 76 valence electrons. The van der Waals surface area contributed by atoms with Gasteiger partial charge in [-0.2, -0.15) is 0 Å². The molecule has 6 heteroatoms. The summed E-state index contributed by atoms with van der Waals surface area (Å²) >= 11 is 1.60. The lowest BCUT2D eigenvalue weighted by atomic mass is 10.4. The molecule has 0 saturated carbocycles. The number of carboxylic acid groups (broad SMARTS) is 2. The summed E-state index contributed by atoms with van der Waals surface area (Å²) in [5.74, 6) is -2.16. The van der Waals surface area contributed by atoms with Gasteiger partial charge >= 0.3 is 11.9 Å². The smallest absolute Gasteiger partial charge is 0.327 e. The minimum atomic E-state index is -1.13. The van der Waals surface area contributed by atoms with Crippen molar-refractivity contribution in [1.82, 2.24) is 4.98 Å². The van der Waals surface area contributed by atoms with Gasteiger partial charge in [-0.15, -0.1) is 11.3 Å². The molecule has 5 nitrogen and oxygen atoms in total. The largest absolute Gasteiger partial charge is 0.481 e. The van der Waals surface area contributed by atoms with E-state index in [2.05, 4.69) is 4.98 Å². The predicted molar refractivity (Wildman–Crippen MR) is 51.1 cm³/mol. The summed E-state index contributed by atoms with van der Waals surface area (Å²) in [5.41, 5.74) is 1.79. The molecule has 0 radical (unpaired) electrons. The molecule has 2 N–H and O–H groups in total. The van der Waals surface area contributed by atoms with E-state index in [4.69, 9.17) is 10.2 Å². The van der Waals surface area contributed by atoms with Crippen LogP contribution in [0.5, 0.6) is 0 Å². The van der Waals surface area contributed by atoms with Crippen LogP contribution in [0.4, 0.5) is 0 Å². The molecular weight excluding hydrogens is 206 g/mol. The molecule has 1 rings (SSSR count). The van der Waals surface area contributed by atoms with E-state index in [-0.39, 0.29) is 6.42 Å². The van der Waals surface area contributed by atoms with Gasteiger partial charge < -0.3 is 10.2 Å². The standard InChI is InChI=1S/C5H6O4.C3H3NS/c6-4(7)2-1-3-5(8)9;1-2-5-3-4-1/h1-2H,3H2,(H,6,7)(H,8,9);1-3H. The zero-order chi connectivity index (χ0) is 10.8. The van der Waals surface area contributed by atoms with E-state index >= 15 is 0 Å². The van der Waals surface area contributed by atoms with Gasteiger partial charge in [0, 0.05) is 17.7 Å². The van der Waals surface area contributed by atoms with Gasteiger partial charge in [-0.05, 0) is 0 Å². The fourth-order valence-electron chi connectivity index (χ4n) is 0.436. The van der Waals surface area contributed by atoms with E-state index in [0.29, 0.717) is 0 Å². The molecule has 0 aliphatic carbocycles. The van der Waals surface area contributed by atoms with Crippen LogP contribution >= 0.6 is 11.3 Å². The van der Waals surface area contributed by atoms with E-state index in [0.717, 1.165) is 12.2 Å². The van der Waals surface area contributed by atoms with Crippen molar-refractivity contribution in [3.05, 3.63) is 29.2 Å². The maximum Gasteiger partial charge on any atom is 0.327 e. The summed E-state index contributed by atoms with van der Waals surface area (Å²) in [4.78, 5) is 23.2. The summed E-state index contributed by atoms with van der Waals surface area (Å²) in [6.07, 6.45) is 3.40. The number of nitrogens with zero attached hydrogens (tertiary/aromatic N) is 1. The zero-order valence-electron chi connectivity index (χ0n) is 7.16. The van der Waals surface area contributed by atoms with E-state index in [9.17, 15) is 9.59 Å². The Bertz CT molecular complexity index is 277. The minimum Gasteiger partial charge on any atom is -0.481 e. The van der Waals surface area contributed by atoms with Crippen LogP contribution in [0.2, 0.25) is 0 Å². The number of thiazole rings is 1. The molecule has 1 aromatic heterocycles. The second kappa shape index (κ2) is 7.93. The Morgan fingerprint density at radius 3 is 2.43 bits per heavy atom. The van der Waals surface area contributed by atoms with Crippen molar-refractivity contribution in [2.45, 2.75) is 6.42 Å². The highest BCUT2D eigenvalue weighted by atomic mass is 32.1. The average molecular weight is 215 g/mol. The molecule has 14 heavy (non-hydrogen) atoms. The van der Waals surface area contributed by atoms with E-state index in [1.54, 1.807) is 23.0 Å². The first-order chi connectivity index (χ1) is 6.63. The van der Waals surface area contributed by atoms with Gasteiger partial charge in [0.15, 0.2) is 0 Å². The number of aliphatic carboxylic acids is 2. The summed E-state index contributed by atoms with van der Waals surface area (Å²) in [7, 11) is 0. The zero-order valence-corrected chi connectivity index (χ0v) is 7.98. The van der Waals surface area contributed by atoms with Gasteiger partial charge in [0.05, 0.1) is 11.9 Å². The van der Waals surface area contributed by atoms with Gasteiger partial charge in [0.25, 0.3) is 0 Å². The molecule has 0 bridgehead atoms. The van der Waals surface area contributed by atoms with Crippen molar-refractivity contribution in [2.75, 3.05) is 0 Å². The topological polar surface area (TPSA) is 87.5 Å². The van der Waals surface area contributed by atoms with Crippen LogP contribution in [0, 0.1) is 0 Å². The van der Waals surface area contributed by atoms with Gasteiger partial charge in [0.1, 0.15) is 0 Å². The first-order valence-electron chi connectivity index (χ1n) is 3.56. The molecule has 1 aromatic rings. The first kappa shape index (κ1) is 12.3. The van der Waals surface area contributed by atoms with Crippen LogP contribution in [0.1, 0.15) is 6.42 Å². The van der Waals surface area contributed by atoms with Crippen molar-refractivity contribution in [3.63, 3.8) is 0 Å². The van der Waals surface area contributed by atoms with Crippen LogP contribution in [0.3, 0.4) is 0 Å². The van der Waals surface area contributed by atoms with Crippen LogP contribution in [0.15, 0.2) is 29.2 Å². The maximum atomic E-state index is 9.74. The Hall–Kier alpha value is -1.69. The van der Waals surface area contributed by atoms with E-state index in [1.807, 2.05) is 5.38 Å². The normalized spacial score (nSPS) is 9.14. The van der Waals surface area contributed by atoms with Crippen LogP contribution in [0.25, 0.3) is 0 Å². The molecule has 0 aliphatic heterocycles. The highest BCUT2D eigenvalue weighted by Crippen LogP contribution is 1.85. The number of carbonyl (C=O) groups is 2. The average Bonchev–Trinajstić information content (AvgIpc) is 2.58. The van der Waals surface area contributed by atoms with Gasteiger partial charge in [0.2, 0.25) is 0 Å². The SMILES string of the molecule is O=C(O)C=CCC(=O)O.c1cscn1. The lowest BCUT2D eigenvalue weighted by Crippen LogP contribution is -1.92. The maximum absolute atomic E-state index is 9.74. The molecule has 0 unspecified atom stereocenters. The third-order valence-electron chi connectivity index (χ3n) is 0.900. The fraction of sp³-hybridized carbons (Fsp3) is 0.125. The first-order valence-corrected chi connectivity index (χ1v) is 4.50. The highest BCUT2D eigenvalue weighted by molar-refractivity contribution is 7.07. The van der Waals surface area contributed by atoms with Crippen molar-refractivity contribution < 1.29 is 19.8 Å². The minimum absolute atomic E-state index is 0.244. The molecule has 0 aliphatic rings. The molecule has 0 atom stereocenters. The Kier molecular flexibility index (Phi) is 6.98. The highest BCUT2D eigenvalue weighted by Gasteiger charge is 1.90. The second-order valence-electron chi connectivity index (χ2n) is 2.01. The Morgan fingerprint density at radius 2 is 2.14 bits per heavy atom. The number of rotatable bonds is 3. The third kappa shape index (κ3) is 10.3. The van der Waals surface area contributed by atoms with Gasteiger partial charge in [-0.25, -0.2) is 4.79 Å². The third-order valence-corrected chi connectivity index (χ3v) is 1.42. The number of carboxylic acids is 2. The summed E-state index contributed by atoms with van der Waals surface area (Å²) in [6.45, 7) is 0. The molecule has 0 spiro atoms. The van der Waals surface area contributed by atoms with Crippen LogP contribution in [-0.4, -0.2) is 27.1 Å². The monoisotopic (exact) mass is 215 g/mol. The van der Waals surface area contributed by atoms with Crippen LogP contribution in [-0.2, 0) is 9.59 Å². The van der Waals surface area contributed by atoms with Gasteiger partial charge in [-0.3, -0.25) is 9.78 Å². The van der Waals surface area contributed by atoms with Crippen molar-refractivity contribution >= 4 is 23.3 Å². The molecule has 1 heterocycles. The van der Waals surface area contributed by atoms with Crippen molar-refractivity contribution in [2.24, 2.45) is 0 Å². The lowest BCUT2D eigenvalue weighted by Gasteiger charge is -1.79. The Labute approximate surface area is 84.3 Å². The van der Waals surface area contributed by atoms with Crippen LogP contribution < -0.4 is 0 Å². The molecule has 0 amide bonds. The second-order valence-corrected chi connectivity index (χ2v) is 2.77. The summed E-state index contributed by atoms with van der Waals surface area (Å²) < 4.78 is 0. The molecular formula is C8H9NO4S. The van der Waals surface area contributed by atoms with E-state index in [1.165, 1.54) is 0 Å². The number of aromatic nitrogens is 1. The lowest BCUT2D eigenvalue weighted by molar-refractivity contribution is -0.136. The number of hydrogen-bond donors (Lipinski definition) is 2. The van der Waals surface area contributed by atoms with Crippen molar-refractivity contribution in [1.29, 1.82) is 0 Å². The summed E-state index contributed by atoms with van der Waals surface area (Å²) in [6, 6.07) is 0. The molecule has 0 saturated heterocycles. The van der Waals surface area contributed by atoms with E-state index < -0.39 is 11.9 Å². The molecule has 0 fully saturated rings. The number of hydrogen-bond acceptors (Lipinski definition) is 4. The predicted octanol–water partition coefficient (Wildman–Crippen LogP) is 1.25. The molecule has 0 aromatic carbocycles. The van der Waals surface area contributed by atoms with Gasteiger partial charge in [-0.1, -0.05) is 6.08 Å². The summed E-state index contributed by atoms with van der Waals surface area (Å²) in [5, 5.41) is 17.9. The fourth-order valence-corrected chi connectivity index (χ4v) is 0.788.